The molecule has 0 aliphatic rings. The molecule has 2 N–H and O–H groups in total. The minimum absolute atomic E-state index is 0. The van der Waals surface area contributed by atoms with Crippen molar-refractivity contribution in [3.63, 3.8) is 0 Å². The maximum atomic E-state index is 12.3. The Labute approximate surface area is 114 Å². The Kier molecular flexibility index (Phi) is 4.67. The van der Waals surface area contributed by atoms with Crippen molar-refractivity contribution in [1.29, 1.82) is 0 Å². The van der Waals surface area contributed by atoms with Crippen molar-refractivity contribution in [3.05, 3.63) is 54.1 Å². The molecule has 0 fully saturated rings. The third-order valence-corrected chi connectivity index (χ3v) is 2.30. The van der Waals surface area contributed by atoms with E-state index in [0.29, 0.717) is 17.2 Å². The lowest BCUT2D eigenvalue weighted by Crippen LogP contribution is -2.03. The number of alkyl halides is 3. The summed E-state index contributed by atoms with van der Waals surface area (Å²) in [6, 6.07) is 11.1. The van der Waals surface area contributed by atoms with Crippen molar-refractivity contribution >= 4 is 18.1 Å². The van der Waals surface area contributed by atoms with Gasteiger partial charge >= 0.3 is 6.18 Å². The average Bonchev–Trinajstić information content (AvgIpc) is 2.32. The molecule has 0 aliphatic carbocycles. The Morgan fingerprint density at radius 1 is 0.789 bits per heavy atom. The van der Waals surface area contributed by atoms with Crippen LogP contribution in [0.15, 0.2) is 48.5 Å². The van der Waals surface area contributed by atoms with Crippen LogP contribution in [-0.2, 0) is 6.18 Å². The van der Waals surface area contributed by atoms with Gasteiger partial charge < -0.3 is 10.5 Å². The van der Waals surface area contributed by atoms with E-state index in [1.165, 1.54) is 12.1 Å². The number of halogens is 4. The van der Waals surface area contributed by atoms with E-state index in [-0.39, 0.29) is 12.4 Å². The summed E-state index contributed by atoms with van der Waals surface area (Å²) in [5.74, 6) is 0.858. The second-order valence-electron chi connectivity index (χ2n) is 3.69. The lowest BCUT2D eigenvalue weighted by Gasteiger charge is -2.09. The molecular formula is C13H11ClF3NO. The number of benzene rings is 2. The van der Waals surface area contributed by atoms with Crippen LogP contribution in [0.5, 0.6) is 11.5 Å². The molecule has 0 amide bonds. The van der Waals surface area contributed by atoms with E-state index in [0.717, 1.165) is 12.1 Å². The maximum absolute atomic E-state index is 12.3. The van der Waals surface area contributed by atoms with E-state index in [1.54, 1.807) is 24.3 Å². The molecule has 0 aromatic heterocycles. The van der Waals surface area contributed by atoms with Crippen LogP contribution in [0.3, 0.4) is 0 Å². The van der Waals surface area contributed by atoms with Crippen molar-refractivity contribution < 1.29 is 17.9 Å². The predicted molar refractivity (Wildman–Crippen MR) is 69.6 cm³/mol. The second kappa shape index (κ2) is 5.84. The van der Waals surface area contributed by atoms with Crippen molar-refractivity contribution in [3.8, 4) is 11.5 Å². The largest absolute Gasteiger partial charge is 0.457 e. The fourth-order valence-corrected chi connectivity index (χ4v) is 1.38. The van der Waals surface area contributed by atoms with Gasteiger partial charge in [0.1, 0.15) is 11.5 Å². The van der Waals surface area contributed by atoms with Crippen LogP contribution in [0.1, 0.15) is 5.56 Å². The highest BCUT2D eigenvalue weighted by molar-refractivity contribution is 5.85. The Balaban J connectivity index is 0.00000180. The number of nitrogens with two attached hydrogens (primary N) is 1. The van der Waals surface area contributed by atoms with E-state index < -0.39 is 11.7 Å². The number of hydrogen-bond acceptors (Lipinski definition) is 2. The van der Waals surface area contributed by atoms with Crippen LogP contribution in [0.2, 0.25) is 0 Å². The number of nitrogen functional groups attached to an aromatic ring is 1. The molecule has 2 nitrogen and oxygen atoms in total. The van der Waals surface area contributed by atoms with Gasteiger partial charge in [-0.25, -0.2) is 0 Å². The number of rotatable bonds is 2. The normalized spacial score (nSPS) is 10.7. The zero-order valence-electron chi connectivity index (χ0n) is 9.65. The van der Waals surface area contributed by atoms with Gasteiger partial charge in [0.05, 0.1) is 5.56 Å². The Hall–Kier alpha value is -1.88. The molecule has 19 heavy (non-hydrogen) atoms. The fraction of sp³-hybridized carbons (Fsp3) is 0.0769. The van der Waals surface area contributed by atoms with Crippen LogP contribution in [0, 0.1) is 0 Å². The van der Waals surface area contributed by atoms with E-state index in [1.807, 2.05) is 0 Å². The summed E-state index contributed by atoms with van der Waals surface area (Å²) in [7, 11) is 0. The first-order valence-corrected chi connectivity index (χ1v) is 5.16. The zero-order valence-corrected chi connectivity index (χ0v) is 10.5. The third-order valence-electron chi connectivity index (χ3n) is 2.30. The molecule has 6 heteroatoms. The standard InChI is InChI=1S/C13H10F3NO.ClH/c14-13(15,16)9-1-5-11(6-2-9)18-12-7-3-10(17)4-8-12;/h1-8H,17H2;1H. The monoisotopic (exact) mass is 289 g/mol. The average molecular weight is 290 g/mol. The number of anilines is 1. The van der Waals surface area contributed by atoms with Gasteiger partial charge in [0, 0.05) is 5.69 Å². The summed E-state index contributed by atoms with van der Waals surface area (Å²) < 4.78 is 42.4. The summed E-state index contributed by atoms with van der Waals surface area (Å²) in [5, 5.41) is 0. The van der Waals surface area contributed by atoms with Crippen molar-refractivity contribution in [2.45, 2.75) is 6.18 Å². The van der Waals surface area contributed by atoms with Crippen LogP contribution >= 0.6 is 12.4 Å². The molecule has 0 saturated carbocycles. The molecular weight excluding hydrogens is 279 g/mol. The first-order valence-electron chi connectivity index (χ1n) is 5.16. The van der Waals surface area contributed by atoms with Crippen LogP contribution in [0.25, 0.3) is 0 Å². The Morgan fingerprint density at radius 2 is 1.21 bits per heavy atom. The molecule has 2 aromatic carbocycles. The molecule has 0 spiro atoms. The molecule has 0 aliphatic heterocycles. The summed E-state index contributed by atoms with van der Waals surface area (Å²) in [5.41, 5.74) is 5.40. The molecule has 0 heterocycles. The topological polar surface area (TPSA) is 35.2 Å². The van der Waals surface area contributed by atoms with Gasteiger partial charge in [-0.2, -0.15) is 13.2 Å². The highest BCUT2D eigenvalue weighted by Crippen LogP contribution is 2.31. The summed E-state index contributed by atoms with van der Waals surface area (Å²) in [4.78, 5) is 0. The van der Waals surface area contributed by atoms with Gasteiger partial charge in [-0.3, -0.25) is 0 Å². The maximum Gasteiger partial charge on any atom is 0.416 e. The Morgan fingerprint density at radius 3 is 1.63 bits per heavy atom. The lowest BCUT2D eigenvalue weighted by molar-refractivity contribution is -0.137. The van der Waals surface area contributed by atoms with Gasteiger partial charge in [0.15, 0.2) is 0 Å². The molecule has 0 saturated heterocycles. The van der Waals surface area contributed by atoms with Crippen molar-refractivity contribution in [2.75, 3.05) is 5.73 Å². The van der Waals surface area contributed by atoms with Crippen LogP contribution in [0.4, 0.5) is 18.9 Å². The zero-order chi connectivity index (χ0) is 13.2. The molecule has 0 atom stereocenters. The Bertz CT molecular complexity index is 523. The molecule has 0 bridgehead atoms. The van der Waals surface area contributed by atoms with Gasteiger partial charge in [0.2, 0.25) is 0 Å². The lowest BCUT2D eigenvalue weighted by atomic mass is 10.2. The van der Waals surface area contributed by atoms with Gasteiger partial charge in [-0.1, -0.05) is 0 Å². The van der Waals surface area contributed by atoms with Gasteiger partial charge in [-0.05, 0) is 48.5 Å². The molecule has 0 radical (unpaired) electrons. The second-order valence-corrected chi connectivity index (χ2v) is 3.69. The summed E-state index contributed by atoms with van der Waals surface area (Å²) >= 11 is 0. The van der Waals surface area contributed by atoms with Crippen molar-refractivity contribution in [1.82, 2.24) is 0 Å². The fourth-order valence-electron chi connectivity index (χ4n) is 1.38. The highest BCUT2D eigenvalue weighted by atomic mass is 35.5. The SMILES string of the molecule is Cl.Nc1ccc(Oc2ccc(C(F)(F)F)cc2)cc1. The number of ether oxygens (including phenoxy) is 1. The molecule has 2 rings (SSSR count). The molecule has 2 aromatic rings. The third kappa shape index (κ3) is 4.06. The van der Waals surface area contributed by atoms with Crippen molar-refractivity contribution in [2.24, 2.45) is 0 Å². The summed E-state index contributed by atoms with van der Waals surface area (Å²) in [6.45, 7) is 0. The smallest absolute Gasteiger partial charge is 0.416 e. The molecule has 0 unspecified atom stereocenters. The number of hydrogen-bond donors (Lipinski definition) is 1. The highest BCUT2D eigenvalue weighted by Gasteiger charge is 2.29. The first kappa shape index (κ1) is 15.2. The first-order chi connectivity index (χ1) is 8.45. The van der Waals surface area contributed by atoms with Crippen LogP contribution < -0.4 is 10.5 Å². The van der Waals surface area contributed by atoms with Gasteiger partial charge in [-0.15, -0.1) is 12.4 Å². The minimum atomic E-state index is -4.33. The van der Waals surface area contributed by atoms with Crippen LogP contribution in [-0.4, -0.2) is 0 Å². The quantitative estimate of drug-likeness (QED) is 0.826. The van der Waals surface area contributed by atoms with E-state index >= 15 is 0 Å². The van der Waals surface area contributed by atoms with Gasteiger partial charge in [0.25, 0.3) is 0 Å². The van der Waals surface area contributed by atoms with E-state index in [4.69, 9.17) is 10.5 Å². The van der Waals surface area contributed by atoms with E-state index in [2.05, 4.69) is 0 Å². The predicted octanol–water partition coefficient (Wildman–Crippen LogP) is 4.50. The van der Waals surface area contributed by atoms with E-state index in [9.17, 15) is 13.2 Å². The summed E-state index contributed by atoms with van der Waals surface area (Å²) in [6.07, 6.45) is -4.33. The minimum Gasteiger partial charge on any atom is -0.457 e. The molecule has 102 valence electrons.